The van der Waals surface area contributed by atoms with Gasteiger partial charge in [0.15, 0.2) is 0 Å². The van der Waals surface area contributed by atoms with Crippen molar-refractivity contribution in [2.24, 2.45) is 0 Å². The van der Waals surface area contributed by atoms with Crippen molar-refractivity contribution >= 4 is 8.07 Å². The lowest BCUT2D eigenvalue weighted by Gasteiger charge is -2.19. The van der Waals surface area contributed by atoms with Gasteiger partial charge in [-0.05, 0) is 5.54 Å². The maximum atomic E-state index is 3.97. The molecule has 1 heteroatoms. The third-order valence-corrected chi connectivity index (χ3v) is 4.44. The molecule has 0 spiro atoms. The van der Waals surface area contributed by atoms with Gasteiger partial charge in [-0.3, -0.25) is 0 Å². The Morgan fingerprint density at radius 3 is 1.43 bits per heavy atom. The highest BCUT2D eigenvalue weighted by atomic mass is 28.3. The highest BCUT2D eigenvalue weighted by Gasteiger charge is 2.16. The molecular formula is C6H15Si. The lowest BCUT2D eigenvalue weighted by atomic mass is 10.6. The van der Waals surface area contributed by atoms with Gasteiger partial charge in [-0.1, -0.05) is 33.5 Å². The molecule has 0 aliphatic heterocycles. The summed E-state index contributed by atoms with van der Waals surface area (Å²) in [6.45, 7) is 13.2. The Hall–Kier alpha value is 0.217. The normalized spacial score (nSPS) is 12.9. The van der Waals surface area contributed by atoms with Crippen LogP contribution in [-0.2, 0) is 0 Å². The fourth-order valence-electron chi connectivity index (χ4n) is 0. The van der Waals surface area contributed by atoms with E-state index in [1.165, 1.54) is 0 Å². The molecule has 0 aromatic carbocycles. The van der Waals surface area contributed by atoms with E-state index in [0.717, 1.165) is 0 Å². The van der Waals surface area contributed by atoms with Crippen molar-refractivity contribution in [1.82, 2.24) is 0 Å². The van der Waals surface area contributed by atoms with E-state index in [1.54, 1.807) is 0 Å². The van der Waals surface area contributed by atoms with E-state index in [2.05, 4.69) is 33.5 Å². The molecule has 0 rings (SSSR count). The molecule has 0 amide bonds. The smallest absolute Gasteiger partial charge is 0.0471 e. The third kappa shape index (κ3) is 2.86. The van der Waals surface area contributed by atoms with Gasteiger partial charge in [-0.25, -0.2) is 0 Å². The third-order valence-electron chi connectivity index (χ3n) is 1.48. The van der Waals surface area contributed by atoms with E-state index >= 15 is 0 Å². The van der Waals surface area contributed by atoms with Gasteiger partial charge in [0.1, 0.15) is 0 Å². The monoisotopic (exact) mass is 115 g/mol. The first kappa shape index (κ1) is 7.22. The molecule has 1 atom stereocenters. The summed E-state index contributed by atoms with van der Waals surface area (Å²) in [6, 6.07) is 0. The predicted molar refractivity (Wildman–Crippen MR) is 38.1 cm³/mol. The standard InChI is InChI=1S/C6H15Si/c1-6(2)7(3,4)5/h6H,1H2,2-5H3/t6-/m0/s1. The SMILES string of the molecule is [CH2][C@@H](C)[Si](C)(C)C. The highest BCUT2D eigenvalue weighted by Crippen LogP contribution is 2.17. The average molecular weight is 115 g/mol. The number of rotatable bonds is 1. The Kier molecular flexibility index (Phi) is 2.05. The first-order valence-electron chi connectivity index (χ1n) is 2.77. The van der Waals surface area contributed by atoms with Gasteiger partial charge in [0.25, 0.3) is 0 Å². The quantitative estimate of drug-likeness (QED) is 0.461. The molecule has 0 bridgehead atoms. The fourth-order valence-corrected chi connectivity index (χ4v) is 0. The second-order valence-electron chi connectivity index (χ2n) is 3.27. The van der Waals surface area contributed by atoms with Gasteiger partial charge in [-0.2, -0.15) is 0 Å². The minimum atomic E-state index is -0.846. The second kappa shape index (κ2) is 1.99. The van der Waals surface area contributed by atoms with Crippen LogP contribution in [0.2, 0.25) is 25.2 Å². The van der Waals surface area contributed by atoms with Crippen LogP contribution in [0.1, 0.15) is 6.92 Å². The lowest BCUT2D eigenvalue weighted by Crippen LogP contribution is -2.23. The molecular weight excluding hydrogens is 100 g/mol. The summed E-state index contributed by atoms with van der Waals surface area (Å²) < 4.78 is 0. The van der Waals surface area contributed by atoms with E-state index in [9.17, 15) is 0 Å². The zero-order valence-corrected chi connectivity index (χ0v) is 6.78. The number of hydrogen-bond acceptors (Lipinski definition) is 0. The van der Waals surface area contributed by atoms with Crippen LogP contribution in [0, 0.1) is 6.92 Å². The van der Waals surface area contributed by atoms with Crippen LogP contribution >= 0.6 is 0 Å². The largest absolute Gasteiger partial charge is 0.0694 e. The Morgan fingerprint density at radius 1 is 1.29 bits per heavy atom. The van der Waals surface area contributed by atoms with E-state index in [4.69, 9.17) is 0 Å². The first-order valence-corrected chi connectivity index (χ1v) is 6.35. The topological polar surface area (TPSA) is 0 Å². The summed E-state index contributed by atoms with van der Waals surface area (Å²) in [5.74, 6) is 0. The van der Waals surface area contributed by atoms with Crippen molar-refractivity contribution in [3.05, 3.63) is 6.92 Å². The van der Waals surface area contributed by atoms with Crippen LogP contribution in [-0.4, -0.2) is 8.07 Å². The summed E-state index contributed by atoms with van der Waals surface area (Å²) in [5, 5.41) is 0. The average Bonchev–Trinajstić information content (AvgIpc) is 1.31. The summed E-state index contributed by atoms with van der Waals surface area (Å²) in [6.07, 6.45) is 0. The predicted octanol–water partition coefficient (Wildman–Crippen LogP) is 2.55. The van der Waals surface area contributed by atoms with Gasteiger partial charge < -0.3 is 0 Å². The second-order valence-corrected chi connectivity index (χ2v) is 8.98. The number of hydrogen-bond donors (Lipinski definition) is 0. The summed E-state index contributed by atoms with van der Waals surface area (Å²) in [5.41, 5.74) is 0.687. The van der Waals surface area contributed by atoms with Crippen LogP contribution in [0.15, 0.2) is 0 Å². The van der Waals surface area contributed by atoms with Crippen molar-refractivity contribution in [3.8, 4) is 0 Å². The van der Waals surface area contributed by atoms with Crippen LogP contribution in [0.3, 0.4) is 0 Å². The molecule has 0 saturated heterocycles. The Labute approximate surface area is 47.9 Å². The molecule has 0 unspecified atom stereocenters. The van der Waals surface area contributed by atoms with Crippen molar-refractivity contribution in [2.45, 2.75) is 32.1 Å². The summed E-state index contributed by atoms with van der Waals surface area (Å²) >= 11 is 0. The van der Waals surface area contributed by atoms with Crippen molar-refractivity contribution in [3.63, 3.8) is 0 Å². The molecule has 0 N–H and O–H groups in total. The van der Waals surface area contributed by atoms with Gasteiger partial charge in [0, 0.05) is 8.07 Å². The summed E-state index contributed by atoms with van der Waals surface area (Å²) in [4.78, 5) is 0. The molecule has 0 aromatic heterocycles. The van der Waals surface area contributed by atoms with Crippen LogP contribution in [0.25, 0.3) is 0 Å². The molecule has 0 aliphatic carbocycles. The molecule has 43 valence electrons. The summed E-state index contributed by atoms with van der Waals surface area (Å²) in [7, 11) is -0.846. The molecule has 0 nitrogen and oxygen atoms in total. The van der Waals surface area contributed by atoms with Gasteiger partial charge in [0.05, 0.1) is 0 Å². The minimum Gasteiger partial charge on any atom is -0.0694 e. The minimum absolute atomic E-state index is 0.687. The lowest BCUT2D eigenvalue weighted by molar-refractivity contribution is 1.13. The van der Waals surface area contributed by atoms with Gasteiger partial charge in [0.2, 0.25) is 0 Å². The van der Waals surface area contributed by atoms with Crippen molar-refractivity contribution in [1.29, 1.82) is 0 Å². The Balaban J connectivity index is 3.54. The molecule has 0 heterocycles. The van der Waals surface area contributed by atoms with Crippen molar-refractivity contribution in [2.75, 3.05) is 0 Å². The van der Waals surface area contributed by atoms with E-state index in [1.807, 2.05) is 0 Å². The maximum Gasteiger partial charge on any atom is 0.0471 e. The maximum absolute atomic E-state index is 3.97. The molecule has 7 heavy (non-hydrogen) atoms. The van der Waals surface area contributed by atoms with Crippen LogP contribution in [0.5, 0.6) is 0 Å². The first-order chi connectivity index (χ1) is 2.94. The van der Waals surface area contributed by atoms with Crippen LogP contribution < -0.4 is 0 Å². The molecule has 0 saturated carbocycles. The Bertz CT molecular complexity index is 49.7. The molecule has 1 radical (unpaired) electrons. The van der Waals surface area contributed by atoms with E-state index in [0.29, 0.717) is 5.54 Å². The molecule has 0 aliphatic rings. The van der Waals surface area contributed by atoms with Crippen LogP contribution in [0.4, 0.5) is 0 Å². The van der Waals surface area contributed by atoms with Crippen molar-refractivity contribution < 1.29 is 0 Å². The fraction of sp³-hybridized carbons (Fsp3) is 0.833. The van der Waals surface area contributed by atoms with E-state index in [-0.39, 0.29) is 0 Å². The Morgan fingerprint density at radius 2 is 1.43 bits per heavy atom. The highest BCUT2D eigenvalue weighted by molar-refractivity contribution is 6.77. The molecule has 0 fully saturated rings. The zero-order chi connectivity index (χ0) is 6.08. The zero-order valence-electron chi connectivity index (χ0n) is 5.78. The molecule has 0 aromatic rings. The van der Waals surface area contributed by atoms with Gasteiger partial charge in [-0.15, -0.1) is 0 Å². The van der Waals surface area contributed by atoms with E-state index < -0.39 is 8.07 Å². The van der Waals surface area contributed by atoms with Gasteiger partial charge >= 0.3 is 0 Å².